The number of fused-ring (bicyclic) bond motifs is 1. The lowest BCUT2D eigenvalue weighted by Crippen LogP contribution is -2.07. The molecule has 1 heterocycles. The molecule has 2 aromatic carbocycles. The number of carbonyl (C=O) groups excluding carboxylic acids is 2. The SMILES string of the molecule is COC(=O)c1ccc(-c2cc3ccccc3n2C(C)=O)cc1. The van der Waals surface area contributed by atoms with Crippen LogP contribution < -0.4 is 0 Å². The van der Waals surface area contributed by atoms with E-state index in [0.717, 1.165) is 22.2 Å². The van der Waals surface area contributed by atoms with Crippen LogP contribution in [0.25, 0.3) is 22.2 Å². The van der Waals surface area contributed by atoms with Crippen molar-refractivity contribution in [2.45, 2.75) is 6.92 Å². The molecule has 0 aliphatic carbocycles. The molecule has 0 saturated carbocycles. The zero-order chi connectivity index (χ0) is 15.7. The third-order valence-electron chi connectivity index (χ3n) is 3.63. The molecule has 4 heteroatoms. The van der Waals surface area contributed by atoms with E-state index in [-0.39, 0.29) is 11.9 Å². The summed E-state index contributed by atoms with van der Waals surface area (Å²) < 4.78 is 6.38. The van der Waals surface area contributed by atoms with Gasteiger partial charge in [0, 0.05) is 12.3 Å². The Morgan fingerprint density at radius 2 is 1.68 bits per heavy atom. The number of para-hydroxylation sites is 1. The molecular formula is C18H15NO3. The average molecular weight is 293 g/mol. The second-order valence-corrected chi connectivity index (χ2v) is 5.01. The molecule has 0 aliphatic rings. The van der Waals surface area contributed by atoms with Crippen LogP contribution in [0.2, 0.25) is 0 Å². The van der Waals surface area contributed by atoms with Crippen LogP contribution in [0, 0.1) is 0 Å². The monoisotopic (exact) mass is 293 g/mol. The van der Waals surface area contributed by atoms with E-state index >= 15 is 0 Å². The summed E-state index contributed by atoms with van der Waals surface area (Å²) in [6.45, 7) is 1.54. The molecule has 3 rings (SSSR count). The van der Waals surface area contributed by atoms with Gasteiger partial charge >= 0.3 is 5.97 Å². The molecule has 0 spiro atoms. The van der Waals surface area contributed by atoms with Gasteiger partial charge in [0.15, 0.2) is 0 Å². The van der Waals surface area contributed by atoms with Gasteiger partial charge in [0.05, 0.1) is 23.9 Å². The Labute approximate surface area is 127 Å². The molecule has 110 valence electrons. The van der Waals surface area contributed by atoms with Gasteiger partial charge in [0.25, 0.3) is 0 Å². The van der Waals surface area contributed by atoms with Crippen molar-refractivity contribution in [3.05, 3.63) is 60.2 Å². The van der Waals surface area contributed by atoms with Gasteiger partial charge in [0.1, 0.15) is 0 Å². The Bertz CT molecular complexity index is 860. The smallest absolute Gasteiger partial charge is 0.337 e. The van der Waals surface area contributed by atoms with Crippen molar-refractivity contribution in [2.75, 3.05) is 7.11 Å². The summed E-state index contributed by atoms with van der Waals surface area (Å²) in [5, 5.41) is 1.00. The standard InChI is InChI=1S/C18H15NO3/c1-12(20)19-16-6-4-3-5-15(16)11-17(19)13-7-9-14(10-8-13)18(21)22-2/h3-11H,1-2H3. The minimum atomic E-state index is -0.376. The summed E-state index contributed by atoms with van der Waals surface area (Å²) in [4.78, 5) is 23.5. The molecule has 0 bridgehead atoms. The second-order valence-electron chi connectivity index (χ2n) is 5.01. The molecule has 0 radical (unpaired) electrons. The van der Waals surface area contributed by atoms with Crippen LogP contribution in [0.4, 0.5) is 0 Å². The van der Waals surface area contributed by atoms with E-state index in [1.807, 2.05) is 42.5 Å². The Morgan fingerprint density at radius 3 is 2.32 bits per heavy atom. The van der Waals surface area contributed by atoms with Gasteiger partial charge in [0.2, 0.25) is 5.91 Å². The van der Waals surface area contributed by atoms with Gasteiger partial charge in [-0.15, -0.1) is 0 Å². The lowest BCUT2D eigenvalue weighted by Gasteiger charge is -2.07. The Kier molecular flexibility index (Phi) is 3.51. The van der Waals surface area contributed by atoms with E-state index in [1.165, 1.54) is 7.11 Å². The van der Waals surface area contributed by atoms with Crippen LogP contribution in [0.3, 0.4) is 0 Å². The van der Waals surface area contributed by atoms with Gasteiger partial charge in [-0.1, -0.05) is 30.3 Å². The van der Waals surface area contributed by atoms with Crippen LogP contribution in [0.5, 0.6) is 0 Å². The van der Waals surface area contributed by atoms with E-state index in [2.05, 4.69) is 0 Å². The van der Waals surface area contributed by atoms with E-state index in [0.29, 0.717) is 5.56 Å². The zero-order valence-corrected chi connectivity index (χ0v) is 12.4. The highest BCUT2D eigenvalue weighted by Gasteiger charge is 2.14. The predicted molar refractivity (Wildman–Crippen MR) is 85.0 cm³/mol. The number of nitrogens with zero attached hydrogens (tertiary/aromatic N) is 1. The Morgan fingerprint density at radius 1 is 1.00 bits per heavy atom. The zero-order valence-electron chi connectivity index (χ0n) is 12.4. The van der Waals surface area contributed by atoms with Crippen molar-refractivity contribution in [1.82, 2.24) is 4.57 Å². The summed E-state index contributed by atoms with van der Waals surface area (Å²) >= 11 is 0. The highest BCUT2D eigenvalue weighted by atomic mass is 16.5. The molecule has 0 saturated heterocycles. The predicted octanol–water partition coefficient (Wildman–Crippen LogP) is 3.76. The maximum absolute atomic E-state index is 12.0. The first-order valence-electron chi connectivity index (χ1n) is 6.92. The number of aromatic nitrogens is 1. The van der Waals surface area contributed by atoms with Gasteiger partial charge < -0.3 is 4.74 Å². The minimum Gasteiger partial charge on any atom is -0.465 e. The van der Waals surface area contributed by atoms with Gasteiger partial charge in [-0.2, -0.15) is 0 Å². The first-order valence-corrected chi connectivity index (χ1v) is 6.92. The normalized spacial score (nSPS) is 10.6. The van der Waals surface area contributed by atoms with Crippen molar-refractivity contribution in [3.63, 3.8) is 0 Å². The first-order chi connectivity index (χ1) is 10.6. The molecule has 0 amide bonds. The van der Waals surface area contributed by atoms with Crippen LogP contribution >= 0.6 is 0 Å². The van der Waals surface area contributed by atoms with Crippen molar-refractivity contribution < 1.29 is 14.3 Å². The molecule has 0 fully saturated rings. The summed E-state index contributed by atoms with van der Waals surface area (Å²) in [7, 11) is 1.35. The third-order valence-corrected chi connectivity index (χ3v) is 3.63. The van der Waals surface area contributed by atoms with Crippen LogP contribution in [0.15, 0.2) is 54.6 Å². The topological polar surface area (TPSA) is 48.3 Å². The van der Waals surface area contributed by atoms with Crippen LogP contribution in [0.1, 0.15) is 22.1 Å². The van der Waals surface area contributed by atoms with E-state index in [9.17, 15) is 9.59 Å². The second kappa shape index (κ2) is 5.48. The van der Waals surface area contributed by atoms with Crippen molar-refractivity contribution in [3.8, 4) is 11.3 Å². The van der Waals surface area contributed by atoms with Crippen molar-refractivity contribution in [2.24, 2.45) is 0 Å². The largest absolute Gasteiger partial charge is 0.465 e. The summed E-state index contributed by atoms with van der Waals surface area (Å²) in [6.07, 6.45) is 0. The molecule has 4 nitrogen and oxygen atoms in total. The number of methoxy groups -OCH3 is 1. The molecule has 0 N–H and O–H groups in total. The third kappa shape index (κ3) is 2.29. The molecule has 0 aliphatic heterocycles. The molecule has 22 heavy (non-hydrogen) atoms. The van der Waals surface area contributed by atoms with Gasteiger partial charge in [-0.25, -0.2) is 4.79 Å². The summed E-state index contributed by atoms with van der Waals surface area (Å²) in [6, 6.07) is 16.8. The lowest BCUT2D eigenvalue weighted by atomic mass is 10.1. The number of benzene rings is 2. The van der Waals surface area contributed by atoms with E-state index in [1.54, 1.807) is 23.6 Å². The van der Waals surface area contributed by atoms with Gasteiger partial charge in [-0.05, 0) is 29.8 Å². The molecule has 0 unspecified atom stereocenters. The Hall–Kier alpha value is -2.88. The maximum atomic E-state index is 12.0. The fourth-order valence-electron chi connectivity index (χ4n) is 2.60. The number of ether oxygens (including phenoxy) is 1. The number of hydrogen-bond acceptors (Lipinski definition) is 3. The van der Waals surface area contributed by atoms with Crippen molar-refractivity contribution in [1.29, 1.82) is 0 Å². The molecular weight excluding hydrogens is 278 g/mol. The molecule has 0 atom stereocenters. The molecule has 1 aromatic heterocycles. The first kappa shape index (κ1) is 14.1. The Balaban J connectivity index is 2.15. The summed E-state index contributed by atoms with van der Waals surface area (Å²) in [5.41, 5.74) is 3.04. The van der Waals surface area contributed by atoms with Crippen LogP contribution in [-0.4, -0.2) is 23.6 Å². The van der Waals surface area contributed by atoms with E-state index in [4.69, 9.17) is 4.74 Å². The minimum absolute atomic E-state index is 0.0479. The van der Waals surface area contributed by atoms with E-state index < -0.39 is 0 Å². The van der Waals surface area contributed by atoms with Gasteiger partial charge in [-0.3, -0.25) is 9.36 Å². The van der Waals surface area contributed by atoms with Crippen molar-refractivity contribution >= 4 is 22.8 Å². The quantitative estimate of drug-likeness (QED) is 0.676. The van der Waals surface area contributed by atoms with Crippen LogP contribution in [-0.2, 0) is 4.74 Å². The average Bonchev–Trinajstić information content (AvgIpc) is 2.94. The maximum Gasteiger partial charge on any atom is 0.337 e. The summed E-state index contributed by atoms with van der Waals surface area (Å²) in [5.74, 6) is -0.424. The highest BCUT2D eigenvalue weighted by molar-refractivity contribution is 5.98. The number of hydrogen-bond donors (Lipinski definition) is 0. The molecule has 3 aromatic rings. The fourth-order valence-corrected chi connectivity index (χ4v) is 2.60. The number of carbonyl (C=O) groups is 2. The fraction of sp³-hybridized carbons (Fsp3) is 0.111. The number of esters is 1. The lowest BCUT2D eigenvalue weighted by molar-refractivity contribution is 0.0600. The highest BCUT2D eigenvalue weighted by Crippen LogP contribution is 2.28. The number of rotatable bonds is 2.